The van der Waals surface area contributed by atoms with Crippen molar-refractivity contribution >= 4 is 26.5 Å². The van der Waals surface area contributed by atoms with Crippen molar-refractivity contribution in [2.75, 3.05) is 13.9 Å². The fourth-order valence-corrected chi connectivity index (χ4v) is 4.64. The molecule has 0 atom stereocenters. The van der Waals surface area contributed by atoms with Gasteiger partial charge in [-0.15, -0.1) is 0 Å². The van der Waals surface area contributed by atoms with Crippen molar-refractivity contribution < 1.29 is 27.0 Å². The summed E-state index contributed by atoms with van der Waals surface area (Å²) in [5.41, 5.74) is 0.883. The molecule has 0 saturated carbocycles. The molecule has 0 spiro atoms. The van der Waals surface area contributed by atoms with Gasteiger partial charge in [0, 0.05) is 17.5 Å². The lowest BCUT2D eigenvalue weighted by molar-refractivity contribution is 0.174. The zero-order chi connectivity index (χ0) is 21.4. The van der Waals surface area contributed by atoms with Crippen molar-refractivity contribution in [1.82, 2.24) is 0 Å². The molecule has 7 nitrogen and oxygen atoms in total. The van der Waals surface area contributed by atoms with Gasteiger partial charge in [0.15, 0.2) is 11.5 Å². The highest BCUT2D eigenvalue weighted by molar-refractivity contribution is 7.91. The Hall–Kier alpha value is -3.78. The lowest BCUT2D eigenvalue weighted by Gasteiger charge is -2.08. The van der Waals surface area contributed by atoms with Crippen LogP contribution in [0.1, 0.15) is 0 Å². The van der Waals surface area contributed by atoms with E-state index in [9.17, 15) is 8.42 Å². The van der Waals surface area contributed by atoms with Gasteiger partial charge in [-0.2, -0.15) is 0 Å². The summed E-state index contributed by atoms with van der Waals surface area (Å²) in [6.45, 7) is 0.132. The van der Waals surface area contributed by atoms with E-state index in [-0.39, 0.29) is 22.1 Å². The number of rotatable bonds is 4. The topological polar surface area (TPSA) is 87.3 Å². The zero-order valence-corrected chi connectivity index (χ0v) is 17.3. The SMILES string of the molecule is COc1ccc2cc(S(=O)(=O)c3ccccc3)c(=Nc3ccc4c(c3)OCO4)oc2c1. The van der Waals surface area contributed by atoms with Gasteiger partial charge in [-0.25, -0.2) is 13.4 Å². The number of nitrogens with zero attached hydrogens (tertiary/aromatic N) is 1. The standard InChI is InChI=1S/C23H17NO6S/c1-27-17-9-7-15-11-22(31(25,26)18-5-3-2-4-6-18)23(30-20(15)13-17)24-16-8-10-19-21(12-16)29-14-28-19/h2-13H,14H2,1H3. The van der Waals surface area contributed by atoms with E-state index in [0.29, 0.717) is 33.9 Å². The van der Waals surface area contributed by atoms with Gasteiger partial charge in [-0.1, -0.05) is 18.2 Å². The first-order valence-electron chi connectivity index (χ1n) is 9.41. The van der Waals surface area contributed by atoms with Crippen molar-refractivity contribution in [3.63, 3.8) is 0 Å². The van der Waals surface area contributed by atoms with Crippen LogP contribution in [-0.4, -0.2) is 22.3 Å². The lowest BCUT2D eigenvalue weighted by atomic mass is 10.2. The van der Waals surface area contributed by atoms with Crippen LogP contribution in [0.4, 0.5) is 5.69 Å². The Balaban J connectivity index is 1.77. The molecule has 0 unspecified atom stereocenters. The summed E-state index contributed by atoms with van der Waals surface area (Å²) in [6.07, 6.45) is 0. The predicted molar refractivity (Wildman–Crippen MR) is 112 cm³/mol. The quantitative estimate of drug-likeness (QED) is 0.477. The minimum atomic E-state index is -3.88. The molecule has 1 aromatic heterocycles. The highest BCUT2D eigenvalue weighted by atomic mass is 32.2. The Morgan fingerprint density at radius 1 is 0.903 bits per heavy atom. The summed E-state index contributed by atoms with van der Waals surface area (Å²) >= 11 is 0. The second kappa shape index (κ2) is 7.48. The lowest BCUT2D eigenvalue weighted by Crippen LogP contribution is -2.15. The minimum absolute atomic E-state index is 0.0333. The molecule has 1 aliphatic heterocycles. The third-order valence-electron chi connectivity index (χ3n) is 4.85. The van der Waals surface area contributed by atoms with E-state index in [1.54, 1.807) is 67.8 Å². The highest BCUT2D eigenvalue weighted by Crippen LogP contribution is 2.35. The molecule has 156 valence electrons. The molecule has 0 aliphatic carbocycles. The summed E-state index contributed by atoms with van der Waals surface area (Å²) in [4.78, 5) is 4.61. The van der Waals surface area contributed by atoms with Crippen molar-refractivity contribution in [2.24, 2.45) is 4.99 Å². The molecule has 2 heterocycles. The first-order valence-corrected chi connectivity index (χ1v) is 10.9. The molecule has 3 aromatic carbocycles. The number of hydrogen-bond donors (Lipinski definition) is 0. The summed E-state index contributed by atoms with van der Waals surface area (Å²) in [5.74, 6) is 1.73. The van der Waals surface area contributed by atoms with Crippen molar-refractivity contribution in [3.8, 4) is 17.2 Å². The molecule has 1 aliphatic rings. The number of benzene rings is 3. The Morgan fingerprint density at radius 3 is 2.52 bits per heavy atom. The molecule has 0 saturated heterocycles. The third kappa shape index (κ3) is 3.51. The Morgan fingerprint density at radius 2 is 1.71 bits per heavy atom. The summed E-state index contributed by atoms with van der Waals surface area (Å²) in [6, 6.07) is 20.0. The van der Waals surface area contributed by atoms with E-state index >= 15 is 0 Å². The number of fused-ring (bicyclic) bond motifs is 2. The minimum Gasteiger partial charge on any atom is -0.497 e. The van der Waals surface area contributed by atoms with E-state index in [1.807, 2.05) is 0 Å². The maximum atomic E-state index is 13.4. The molecule has 8 heteroatoms. The van der Waals surface area contributed by atoms with E-state index in [0.717, 1.165) is 0 Å². The maximum Gasteiger partial charge on any atom is 0.239 e. The first-order chi connectivity index (χ1) is 15.0. The largest absolute Gasteiger partial charge is 0.497 e. The second-order valence-electron chi connectivity index (χ2n) is 6.79. The van der Waals surface area contributed by atoms with Crippen molar-refractivity contribution in [1.29, 1.82) is 0 Å². The summed E-state index contributed by atoms with van der Waals surface area (Å²) in [5, 5.41) is 0.611. The molecular formula is C23H17NO6S. The van der Waals surface area contributed by atoms with Gasteiger partial charge in [-0.05, 0) is 42.5 Å². The Labute approximate surface area is 178 Å². The number of ether oxygens (including phenoxy) is 3. The van der Waals surface area contributed by atoms with Gasteiger partial charge in [-0.3, -0.25) is 0 Å². The maximum absolute atomic E-state index is 13.4. The number of methoxy groups -OCH3 is 1. The van der Waals surface area contributed by atoms with Crippen LogP contribution in [0.2, 0.25) is 0 Å². The fourth-order valence-electron chi connectivity index (χ4n) is 3.28. The van der Waals surface area contributed by atoms with Crippen molar-refractivity contribution in [3.05, 3.63) is 78.4 Å². The van der Waals surface area contributed by atoms with Crippen molar-refractivity contribution in [2.45, 2.75) is 9.79 Å². The molecular weight excluding hydrogens is 418 g/mol. The second-order valence-corrected chi connectivity index (χ2v) is 8.70. The van der Waals surface area contributed by atoms with E-state index < -0.39 is 9.84 Å². The van der Waals surface area contributed by atoms with Crippen LogP contribution >= 0.6 is 0 Å². The highest BCUT2D eigenvalue weighted by Gasteiger charge is 2.22. The van der Waals surface area contributed by atoms with Gasteiger partial charge in [0.25, 0.3) is 0 Å². The molecule has 0 radical (unpaired) electrons. The number of sulfone groups is 1. The number of hydrogen-bond acceptors (Lipinski definition) is 7. The first kappa shape index (κ1) is 19.2. The van der Waals surface area contributed by atoms with Gasteiger partial charge in [0.2, 0.25) is 22.2 Å². The molecule has 0 amide bonds. The van der Waals surface area contributed by atoms with Crippen LogP contribution in [0, 0.1) is 0 Å². The van der Waals surface area contributed by atoms with Crippen LogP contribution in [0.25, 0.3) is 11.0 Å². The molecule has 0 bridgehead atoms. The summed E-state index contributed by atoms with van der Waals surface area (Å²) in [7, 11) is -2.33. The van der Waals surface area contributed by atoms with Gasteiger partial charge in [0.05, 0.1) is 17.7 Å². The Kier molecular flexibility index (Phi) is 4.63. The molecule has 4 aromatic rings. The zero-order valence-electron chi connectivity index (χ0n) is 16.4. The van der Waals surface area contributed by atoms with Crippen LogP contribution in [-0.2, 0) is 9.84 Å². The third-order valence-corrected chi connectivity index (χ3v) is 6.62. The fraction of sp³-hybridized carbons (Fsp3) is 0.0870. The molecule has 5 rings (SSSR count). The molecule has 0 fully saturated rings. The van der Waals surface area contributed by atoms with Crippen LogP contribution < -0.4 is 19.8 Å². The van der Waals surface area contributed by atoms with E-state index in [4.69, 9.17) is 18.6 Å². The summed E-state index contributed by atoms with van der Waals surface area (Å²) < 4.78 is 48.8. The van der Waals surface area contributed by atoms with E-state index in [1.165, 1.54) is 12.1 Å². The monoisotopic (exact) mass is 435 g/mol. The normalized spacial score (nSPS) is 13.5. The average molecular weight is 435 g/mol. The smallest absolute Gasteiger partial charge is 0.239 e. The van der Waals surface area contributed by atoms with Gasteiger partial charge < -0.3 is 18.6 Å². The van der Waals surface area contributed by atoms with E-state index in [2.05, 4.69) is 4.99 Å². The van der Waals surface area contributed by atoms with Crippen LogP contribution in [0.5, 0.6) is 17.2 Å². The van der Waals surface area contributed by atoms with Gasteiger partial charge in [0.1, 0.15) is 16.2 Å². The Bertz CT molecular complexity index is 1460. The van der Waals surface area contributed by atoms with Crippen LogP contribution in [0.3, 0.4) is 0 Å². The molecule has 31 heavy (non-hydrogen) atoms. The predicted octanol–water partition coefficient (Wildman–Crippen LogP) is 4.24. The van der Waals surface area contributed by atoms with Gasteiger partial charge >= 0.3 is 0 Å². The average Bonchev–Trinajstić information content (AvgIpc) is 3.26. The molecule has 0 N–H and O–H groups in total. The van der Waals surface area contributed by atoms with Crippen LogP contribution in [0.15, 0.2) is 92.0 Å².